The molecule has 8 heteroatoms. The maximum Gasteiger partial charge on any atom is 0.394 e. The number of benzene rings is 2. The second-order valence-electron chi connectivity index (χ2n) is 9.16. The Hall–Kier alpha value is -3.65. The third-order valence-corrected chi connectivity index (χ3v) is 6.50. The summed E-state index contributed by atoms with van der Waals surface area (Å²) in [6, 6.07) is 17.0. The quantitative estimate of drug-likeness (QED) is 0.265. The van der Waals surface area contributed by atoms with Crippen LogP contribution in [0.4, 0.5) is 0 Å². The van der Waals surface area contributed by atoms with Gasteiger partial charge in [0.15, 0.2) is 5.76 Å². The van der Waals surface area contributed by atoms with E-state index in [1.54, 1.807) is 6.20 Å². The number of aromatic nitrogens is 1. The average molecular weight is 507 g/mol. The van der Waals surface area contributed by atoms with Crippen LogP contribution in [0.1, 0.15) is 37.7 Å². The molecule has 3 aromatic rings. The molecule has 2 aromatic carbocycles. The lowest BCUT2D eigenvalue weighted by atomic mass is 9.86. The molecule has 0 amide bonds. The summed E-state index contributed by atoms with van der Waals surface area (Å²) in [7, 11) is 1.32. The molecular formula is C29H34N2O6. The number of oxazole rings is 1. The summed E-state index contributed by atoms with van der Waals surface area (Å²) in [4.78, 5) is 28.7. The largest absolute Gasteiger partial charge is 0.492 e. The maximum absolute atomic E-state index is 12.3. The molecule has 0 bridgehead atoms. The van der Waals surface area contributed by atoms with Gasteiger partial charge in [0.25, 0.3) is 0 Å². The topological polar surface area (TPSA) is 99.9 Å². The monoisotopic (exact) mass is 506 g/mol. The maximum atomic E-state index is 12.3. The van der Waals surface area contributed by atoms with Gasteiger partial charge in [-0.15, -0.1) is 0 Å². The van der Waals surface area contributed by atoms with E-state index in [4.69, 9.17) is 18.6 Å². The van der Waals surface area contributed by atoms with Gasteiger partial charge in [-0.05, 0) is 30.5 Å². The zero-order chi connectivity index (χ0) is 25.9. The fraction of sp³-hybridized carbons (Fsp3) is 0.414. The molecule has 1 fully saturated rings. The van der Waals surface area contributed by atoms with Gasteiger partial charge in [-0.3, -0.25) is 4.79 Å². The summed E-state index contributed by atoms with van der Waals surface area (Å²) in [5, 5.41) is 3.19. The molecule has 4 rings (SSSR count). The molecule has 0 spiro atoms. The first kappa shape index (κ1) is 26.4. The Kier molecular flexibility index (Phi) is 9.71. The molecule has 37 heavy (non-hydrogen) atoms. The normalized spacial score (nSPS) is 14.6. The lowest BCUT2D eigenvalue weighted by Crippen LogP contribution is -2.32. The highest BCUT2D eigenvalue weighted by atomic mass is 16.6. The van der Waals surface area contributed by atoms with E-state index < -0.39 is 12.1 Å². The van der Waals surface area contributed by atoms with Gasteiger partial charge < -0.3 is 23.9 Å². The van der Waals surface area contributed by atoms with Crippen molar-refractivity contribution in [1.82, 2.24) is 10.3 Å². The second kappa shape index (κ2) is 13.6. The molecule has 0 radical (unpaired) electrons. The first-order chi connectivity index (χ1) is 18.1. The Bertz CT molecular complexity index is 1120. The second-order valence-corrected chi connectivity index (χ2v) is 9.16. The number of esters is 1. The first-order valence-corrected chi connectivity index (χ1v) is 12.8. The molecule has 0 saturated heterocycles. The molecule has 1 aromatic heterocycles. The van der Waals surface area contributed by atoms with Crippen molar-refractivity contribution in [3.63, 3.8) is 0 Å². The fourth-order valence-electron chi connectivity index (χ4n) is 4.43. The summed E-state index contributed by atoms with van der Waals surface area (Å²) in [5.41, 5.74) is 1.73. The molecule has 1 atom stereocenters. The van der Waals surface area contributed by atoms with Crippen LogP contribution in [0.25, 0.3) is 11.3 Å². The summed E-state index contributed by atoms with van der Waals surface area (Å²) >= 11 is 0. The van der Waals surface area contributed by atoms with Gasteiger partial charge in [-0.1, -0.05) is 61.7 Å². The third kappa shape index (κ3) is 7.92. The third-order valence-electron chi connectivity index (χ3n) is 6.50. The van der Waals surface area contributed by atoms with Crippen molar-refractivity contribution in [3.8, 4) is 23.1 Å². The lowest BCUT2D eigenvalue weighted by molar-refractivity contribution is -0.149. The van der Waals surface area contributed by atoms with Gasteiger partial charge in [0.1, 0.15) is 18.1 Å². The van der Waals surface area contributed by atoms with Gasteiger partial charge in [0.2, 0.25) is 6.10 Å². The number of Topliss-reactive ketones (excluding diaryl/α,β-unsaturated/α-hetero) is 1. The van der Waals surface area contributed by atoms with Crippen LogP contribution in [0.5, 0.6) is 11.8 Å². The minimum absolute atomic E-state index is 0.00340. The Morgan fingerprint density at radius 3 is 2.54 bits per heavy atom. The minimum Gasteiger partial charge on any atom is -0.492 e. The summed E-state index contributed by atoms with van der Waals surface area (Å²) < 4.78 is 22.1. The molecular weight excluding hydrogens is 472 g/mol. The van der Waals surface area contributed by atoms with Crippen LogP contribution in [-0.4, -0.2) is 49.6 Å². The number of methoxy groups -OCH3 is 1. The van der Waals surface area contributed by atoms with E-state index in [-0.39, 0.29) is 18.4 Å². The number of ether oxygens (including phenoxy) is 3. The predicted octanol–water partition coefficient (Wildman–Crippen LogP) is 4.62. The first-order valence-electron chi connectivity index (χ1n) is 12.8. The van der Waals surface area contributed by atoms with Crippen LogP contribution in [0.15, 0.2) is 65.2 Å². The van der Waals surface area contributed by atoms with Crippen molar-refractivity contribution in [2.75, 3.05) is 26.8 Å². The molecule has 1 saturated carbocycles. The molecule has 1 aliphatic rings. The number of nitrogens with one attached hydrogen (secondary N) is 1. The van der Waals surface area contributed by atoms with Crippen LogP contribution in [0.2, 0.25) is 0 Å². The van der Waals surface area contributed by atoms with E-state index in [9.17, 15) is 9.59 Å². The number of carbonyl (C=O) groups excluding carboxylic acids is 2. The van der Waals surface area contributed by atoms with E-state index in [0.717, 1.165) is 36.8 Å². The zero-order valence-corrected chi connectivity index (χ0v) is 21.2. The van der Waals surface area contributed by atoms with Crippen LogP contribution >= 0.6 is 0 Å². The Morgan fingerprint density at radius 2 is 1.81 bits per heavy atom. The summed E-state index contributed by atoms with van der Waals surface area (Å²) in [5.74, 6) is 1.27. The van der Waals surface area contributed by atoms with E-state index in [1.807, 2.05) is 54.6 Å². The Morgan fingerprint density at radius 1 is 1.05 bits per heavy atom. The number of rotatable bonds is 13. The number of hydrogen-bond acceptors (Lipinski definition) is 8. The minimum atomic E-state index is -0.912. The molecule has 196 valence electrons. The van der Waals surface area contributed by atoms with E-state index >= 15 is 0 Å². The molecule has 0 aliphatic heterocycles. The zero-order valence-electron chi connectivity index (χ0n) is 21.2. The van der Waals surface area contributed by atoms with Crippen molar-refractivity contribution in [3.05, 3.63) is 66.4 Å². The fourth-order valence-corrected chi connectivity index (χ4v) is 4.43. The van der Waals surface area contributed by atoms with E-state index in [0.29, 0.717) is 37.0 Å². The van der Waals surface area contributed by atoms with Crippen molar-refractivity contribution >= 4 is 11.8 Å². The number of hydrogen-bond donors (Lipinski definition) is 1. The number of ketones is 1. The number of nitrogens with zero attached hydrogens (tertiary/aromatic N) is 1. The van der Waals surface area contributed by atoms with Gasteiger partial charge in [0.05, 0.1) is 19.9 Å². The smallest absolute Gasteiger partial charge is 0.394 e. The van der Waals surface area contributed by atoms with Gasteiger partial charge >= 0.3 is 12.0 Å². The van der Waals surface area contributed by atoms with Crippen molar-refractivity contribution in [1.29, 1.82) is 0 Å². The molecule has 1 unspecified atom stereocenters. The van der Waals surface area contributed by atoms with Gasteiger partial charge in [-0.25, -0.2) is 4.79 Å². The lowest BCUT2D eigenvalue weighted by Gasteiger charge is -2.20. The Balaban J connectivity index is 1.23. The standard InChI is InChI=1S/C29H34N2O6/c1-34-28(33)26(36-29-31-20-27(37-29)23-10-6-3-7-11-23)18-21-12-14-24(15-13-21)35-17-16-30-19-25(32)22-8-4-2-5-9-22/h3,6-7,10-15,20,22,26,30H,2,4-5,8-9,16-19H2,1H3. The predicted molar refractivity (Wildman–Crippen MR) is 138 cm³/mol. The summed E-state index contributed by atoms with van der Waals surface area (Å²) in [6.07, 6.45) is 6.56. The molecule has 1 heterocycles. The van der Waals surface area contributed by atoms with Crippen molar-refractivity contribution in [2.24, 2.45) is 5.92 Å². The Labute approximate surface area is 217 Å². The highest BCUT2D eigenvalue weighted by molar-refractivity contribution is 5.83. The average Bonchev–Trinajstić information content (AvgIpc) is 3.42. The summed E-state index contributed by atoms with van der Waals surface area (Å²) in [6.45, 7) is 1.46. The van der Waals surface area contributed by atoms with E-state index in [1.165, 1.54) is 13.5 Å². The van der Waals surface area contributed by atoms with Crippen LogP contribution in [0, 0.1) is 5.92 Å². The van der Waals surface area contributed by atoms with Crippen molar-refractivity contribution in [2.45, 2.75) is 44.6 Å². The van der Waals surface area contributed by atoms with Crippen molar-refractivity contribution < 1.29 is 28.2 Å². The van der Waals surface area contributed by atoms with Gasteiger partial charge in [-0.2, -0.15) is 4.98 Å². The SMILES string of the molecule is COC(=O)C(Cc1ccc(OCCNCC(=O)C2CCCCC2)cc1)Oc1ncc(-c2ccccc2)o1. The highest BCUT2D eigenvalue weighted by Gasteiger charge is 2.24. The highest BCUT2D eigenvalue weighted by Crippen LogP contribution is 2.25. The molecule has 8 nitrogen and oxygen atoms in total. The van der Waals surface area contributed by atoms with Crippen LogP contribution in [0.3, 0.4) is 0 Å². The molecule has 1 aliphatic carbocycles. The van der Waals surface area contributed by atoms with Crippen LogP contribution < -0.4 is 14.8 Å². The van der Waals surface area contributed by atoms with Gasteiger partial charge in [0, 0.05) is 24.4 Å². The molecule has 1 N–H and O–H groups in total. The van der Waals surface area contributed by atoms with Crippen LogP contribution in [-0.2, 0) is 20.7 Å². The van der Waals surface area contributed by atoms with E-state index in [2.05, 4.69) is 10.3 Å². The number of carbonyl (C=O) groups is 2.